The van der Waals surface area contributed by atoms with Crippen molar-refractivity contribution in [3.05, 3.63) is 80.7 Å². The van der Waals surface area contributed by atoms with Gasteiger partial charge in [0.15, 0.2) is 0 Å². The Bertz CT molecular complexity index is 973. The third kappa shape index (κ3) is 4.33. The number of carbonyl (C=O) groups excluding carboxylic acids is 2. The van der Waals surface area contributed by atoms with E-state index in [2.05, 4.69) is 17.6 Å². The van der Waals surface area contributed by atoms with Gasteiger partial charge in [-0.2, -0.15) is 0 Å². The summed E-state index contributed by atoms with van der Waals surface area (Å²) in [5.41, 5.74) is 1.03. The molecule has 3 aromatic rings. The van der Waals surface area contributed by atoms with E-state index in [-0.39, 0.29) is 35.8 Å². The van der Waals surface area contributed by atoms with E-state index in [1.165, 1.54) is 22.7 Å². The third-order valence-electron chi connectivity index (χ3n) is 5.57. The van der Waals surface area contributed by atoms with E-state index in [9.17, 15) is 9.59 Å². The van der Waals surface area contributed by atoms with E-state index < -0.39 is 6.23 Å². The quantitative estimate of drug-likeness (QED) is 0.604. The number of thiophene rings is 2. The summed E-state index contributed by atoms with van der Waals surface area (Å²) in [6.45, 7) is 4.10. The molecule has 7 heteroatoms. The Morgan fingerprint density at radius 2 is 1.40 bits per heavy atom. The minimum absolute atomic E-state index is 0.0289. The summed E-state index contributed by atoms with van der Waals surface area (Å²) in [5, 5.41) is 10.00. The van der Waals surface area contributed by atoms with Crippen molar-refractivity contribution >= 4 is 34.5 Å². The molecule has 1 saturated heterocycles. The molecule has 1 aliphatic rings. The SMILES string of the molecule is C[C@@H]1[C@H](NC(=O)c2cccs2)[C@H](C)[C@H](c2ccccc2)O[C@H]1NC(=O)c1cccs1. The molecule has 5 atom stereocenters. The molecule has 1 aromatic carbocycles. The van der Waals surface area contributed by atoms with Crippen LogP contribution in [0.1, 0.15) is 44.9 Å². The zero-order chi connectivity index (χ0) is 21.1. The molecule has 0 spiro atoms. The lowest BCUT2D eigenvalue weighted by molar-refractivity contribution is -0.132. The molecule has 3 heterocycles. The molecule has 156 valence electrons. The Kier molecular flexibility index (Phi) is 6.32. The molecule has 0 radical (unpaired) electrons. The first-order valence-corrected chi connectivity index (χ1v) is 11.7. The van der Waals surface area contributed by atoms with Gasteiger partial charge in [-0.25, -0.2) is 0 Å². The molecule has 0 unspecified atom stereocenters. The monoisotopic (exact) mass is 440 g/mol. The Hall–Kier alpha value is -2.48. The topological polar surface area (TPSA) is 67.4 Å². The molecule has 1 fully saturated rings. The molecule has 30 heavy (non-hydrogen) atoms. The van der Waals surface area contributed by atoms with Gasteiger partial charge in [-0.15, -0.1) is 22.7 Å². The van der Waals surface area contributed by atoms with Crippen LogP contribution in [0.2, 0.25) is 0 Å². The Labute approximate surface area is 184 Å². The molecule has 4 rings (SSSR count). The van der Waals surface area contributed by atoms with Crippen molar-refractivity contribution in [3.63, 3.8) is 0 Å². The second kappa shape index (κ2) is 9.12. The van der Waals surface area contributed by atoms with Crippen LogP contribution in [0.4, 0.5) is 0 Å². The predicted molar refractivity (Wildman–Crippen MR) is 120 cm³/mol. The van der Waals surface area contributed by atoms with Crippen LogP contribution in [0.15, 0.2) is 65.4 Å². The van der Waals surface area contributed by atoms with Crippen LogP contribution in [0.25, 0.3) is 0 Å². The van der Waals surface area contributed by atoms with Gasteiger partial charge < -0.3 is 15.4 Å². The highest BCUT2D eigenvalue weighted by Crippen LogP contribution is 2.38. The Morgan fingerprint density at radius 3 is 1.97 bits per heavy atom. The maximum Gasteiger partial charge on any atom is 0.263 e. The van der Waals surface area contributed by atoms with E-state index >= 15 is 0 Å². The molecule has 2 amide bonds. The van der Waals surface area contributed by atoms with Crippen molar-refractivity contribution in [2.75, 3.05) is 0 Å². The molecule has 2 aromatic heterocycles. The van der Waals surface area contributed by atoms with Crippen LogP contribution in [0, 0.1) is 11.8 Å². The van der Waals surface area contributed by atoms with Crippen molar-refractivity contribution in [2.45, 2.75) is 32.2 Å². The summed E-state index contributed by atoms with van der Waals surface area (Å²) in [6, 6.07) is 17.1. The van der Waals surface area contributed by atoms with E-state index in [4.69, 9.17) is 4.74 Å². The van der Waals surface area contributed by atoms with Gasteiger partial charge in [-0.3, -0.25) is 9.59 Å². The van der Waals surface area contributed by atoms with Crippen LogP contribution in [0.3, 0.4) is 0 Å². The smallest absolute Gasteiger partial charge is 0.263 e. The van der Waals surface area contributed by atoms with Crippen LogP contribution in [-0.4, -0.2) is 24.1 Å². The van der Waals surface area contributed by atoms with Crippen LogP contribution in [0.5, 0.6) is 0 Å². The first-order valence-electron chi connectivity index (χ1n) is 9.93. The summed E-state index contributed by atoms with van der Waals surface area (Å²) < 4.78 is 6.39. The Morgan fingerprint density at radius 1 is 0.800 bits per heavy atom. The molecular weight excluding hydrogens is 416 g/mol. The number of rotatable bonds is 5. The molecule has 1 aliphatic heterocycles. The summed E-state index contributed by atoms with van der Waals surface area (Å²) in [6.07, 6.45) is -0.765. The largest absolute Gasteiger partial charge is 0.350 e. The lowest BCUT2D eigenvalue weighted by atomic mass is 9.80. The third-order valence-corrected chi connectivity index (χ3v) is 7.31. The summed E-state index contributed by atoms with van der Waals surface area (Å²) in [4.78, 5) is 26.8. The van der Waals surface area contributed by atoms with Gasteiger partial charge in [0.05, 0.1) is 15.9 Å². The maximum atomic E-state index is 12.8. The molecule has 2 N–H and O–H groups in total. The van der Waals surface area contributed by atoms with E-state index in [1.807, 2.05) is 66.2 Å². The second-order valence-corrected chi connectivity index (χ2v) is 9.43. The first-order chi connectivity index (χ1) is 14.5. The van der Waals surface area contributed by atoms with Crippen molar-refractivity contribution < 1.29 is 14.3 Å². The zero-order valence-electron chi connectivity index (χ0n) is 16.8. The number of amides is 2. The van der Waals surface area contributed by atoms with E-state index in [0.29, 0.717) is 9.75 Å². The molecule has 5 nitrogen and oxygen atoms in total. The van der Waals surface area contributed by atoms with Crippen molar-refractivity contribution in [2.24, 2.45) is 11.8 Å². The van der Waals surface area contributed by atoms with Crippen molar-refractivity contribution in [3.8, 4) is 0 Å². The highest BCUT2D eigenvalue weighted by Gasteiger charge is 2.43. The number of carbonyl (C=O) groups is 2. The predicted octanol–water partition coefficient (Wildman–Crippen LogP) is 4.71. The Balaban J connectivity index is 1.59. The standard InChI is InChI=1S/C23H24N2O3S2/c1-14-19(24-21(26)17-10-6-12-29-17)15(2)23(25-22(27)18-11-7-13-30-18)28-20(14)16-8-4-3-5-9-16/h3-15,19-20,23H,1-2H3,(H,24,26)(H,25,27)/t14-,15+,19+,20+,23+/m0/s1. The number of hydrogen-bond donors (Lipinski definition) is 2. The average molecular weight is 441 g/mol. The number of ether oxygens (including phenoxy) is 1. The normalized spacial score (nSPS) is 26.1. The summed E-state index contributed by atoms with van der Waals surface area (Å²) >= 11 is 2.81. The molecule has 0 bridgehead atoms. The highest BCUT2D eigenvalue weighted by molar-refractivity contribution is 7.12. The molecule has 0 saturated carbocycles. The summed E-state index contributed by atoms with van der Waals surface area (Å²) in [5.74, 6) is -0.328. The fraction of sp³-hybridized carbons (Fsp3) is 0.304. The minimum Gasteiger partial charge on any atom is -0.350 e. The highest BCUT2D eigenvalue weighted by atomic mass is 32.1. The number of benzene rings is 1. The van der Waals surface area contributed by atoms with Crippen molar-refractivity contribution in [1.82, 2.24) is 10.6 Å². The minimum atomic E-state index is -0.519. The van der Waals surface area contributed by atoms with Gasteiger partial charge in [0.25, 0.3) is 11.8 Å². The zero-order valence-corrected chi connectivity index (χ0v) is 18.4. The first kappa shape index (κ1) is 20.8. The van der Waals surface area contributed by atoms with Gasteiger partial charge in [-0.05, 0) is 28.5 Å². The lowest BCUT2D eigenvalue weighted by Crippen LogP contribution is -2.58. The fourth-order valence-electron chi connectivity index (χ4n) is 3.95. The van der Waals surface area contributed by atoms with Gasteiger partial charge in [0, 0.05) is 17.9 Å². The van der Waals surface area contributed by atoms with Crippen molar-refractivity contribution in [1.29, 1.82) is 0 Å². The fourth-order valence-corrected chi connectivity index (χ4v) is 5.21. The number of hydrogen-bond acceptors (Lipinski definition) is 5. The lowest BCUT2D eigenvalue weighted by Gasteiger charge is -2.45. The van der Waals surface area contributed by atoms with Gasteiger partial charge in [-0.1, -0.05) is 56.3 Å². The summed E-state index contributed by atoms with van der Waals surface area (Å²) in [7, 11) is 0. The second-order valence-electron chi connectivity index (χ2n) is 7.53. The maximum absolute atomic E-state index is 12.8. The van der Waals surface area contributed by atoms with E-state index in [0.717, 1.165) is 5.56 Å². The molecular formula is C23H24N2O3S2. The van der Waals surface area contributed by atoms with Gasteiger partial charge in [0.1, 0.15) is 6.23 Å². The van der Waals surface area contributed by atoms with Gasteiger partial charge >= 0.3 is 0 Å². The van der Waals surface area contributed by atoms with Gasteiger partial charge in [0.2, 0.25) is 0 Å². The van der Waals surface area contributed by atoms with Crippen LogP contribution < -0.4 is 10.6 Å². The van der Waals surface area contributed by atoms with Crippen LogP contribution >= 0.6 is 22.7 Å². The average Bonchev–Trinajstić information content (AvgIpc) is 3.47. The van der Waals surface area contributed by atoms with E-state index in [1.54, 1.807) is 6.07 Å². The van der Waals surface area contributed by atoms with Crippen LogP contribution in [-0.2, 0) is 4.74 Å². The number of nitrogens with one attached hydrogen (secondary N) is 2. The molecule has 0 aliphatic carbocycles.